The molecular weight excluding hydrogens is 405 g/mol. The first kappa shape index (κ1) is 18.6. The van der Waals surface area contributed by atoms with Gasteiger partial charge in [-0.15, -0.1) is 0 Å². The summed E-state index contributed by atoms with van der Waals surface area (Å²) in [7, 11) is -3.81. The molecule has 1 aliphatic heterocycles. The van der Waals surface area contributed by atoms with Crippen LogP contribution < -0.4 is 10.2 Å². The van der Waals surface area contributed by atoms with Crippen LogP contribution in [0.2, 0.25) is 10.0 Å². The Hall–Kier alpha value is -1.73. The highest BCUT2D eigenvalue weighted by Gasteiger charge is 2.23. The second-order valence-electron chi connectivity index (χ2n) is 6.49. The fourth-order valence-corrected chi connectivity index (χ4v) is 5.45. The molecule has 8 heteroatoms. The number of nitrogens with one attached hydrogen (secondary N) is 1. The summed E-state index contributed by atoms with van der Waals surface area (Å²) in [6.07, 6.45) is 2.60. The van der Waals surface area contributed by atoms with Crippen LogP contribution >= 0.6 is 23.2 Å². The lowest BCUT2D eigenvalue weighted by molar-refractivity contribution is 0.589. The van der Waals surface area contributed by atoms with E-state index in [0.717, 1.165) is 43.7 Å². The van der Waals surface area contributed by atoms with Crippen molar-refractivity contribution >= 4 is 49.8 Å². The summed E-state index contributed by atoms with van der Waals surface area (Å²) in [6.45, 7) is 3.65. The Labute approximate surface area is 168 Å². The first-order valence-electron chi connectivity index (χ1n) is 8.75. The Morgan fingerprint density at radius 1 is 1.00 bits per heavy atom. The van der Waals surface area contributed by atoms with Gasteiger partial charge in [-0.2, -0.15) is 0 Å². The Bertz CT molecular complexity index is 1090. The average Bonchev–Trinajstić information content (AvgIpc) is 2.93. The van der Waals surface area contributed by atoms with E-state index in [1.807, 2.05) is 12.1 Å². The topological polar surface area (TPSA) is 54.3 Å². The van der Waals surface area contributed by atoms with Gasteiger partial charge in [0.25, 0.3) is 10.0 Å². The van der Waals surface area contributed by atoms with Crippen LogP contribution in [0.1, 0.15) is 6.42 Å². The summed E-state index contributed by atoms with van der Waals surface area (Å²) in [4.78, 5) is 2.41. The van der Waals surface area contributed by atoms with Crippen molar-refractivity contribution in [3.63, 3.8) is 0 Å². The van der Waals surface area contributed by atoms with Gasteiger partial charge in [-0.1, -0.05) is 29.3 Å². The second-order valence-corrected chi connectivity index (χ2v) is 9.15. The Kier molecular flexibility index (Phi) is 5.07. The van der Waals surface area contributed by atoms with Crippen LogP contribution in [0.25, 0.3) is 10.9 Å². The van der Waals surface area contributed by atoms with Crippen molar-refractivity contribution in [3.05, 3.63) is 58.7 Å². The minimum atomic E-state index is -3.81. The van der Waals surface area contributed by atoms with Gasteiger partial charge < -0.3 is 10.2 Å². The van der Waals surface area contributed by atoms with E-state index in [-0.39, 0.29) is 4.90 Å². The molecule has 0 unspecified atom stereocenters. The number of rotatable bonds is 3. The number of nitrogens with zero attached hydrogens (tertiary/aromatic N) is 2. The molecule has 2 heterocycles. The smallest absolute Gasteiger partial charge is 0.268 e. The quantitative estimate of drug-likeness (QED) is 0.691. The molecule has 0 atom stereocenters. The van der Waals surface area contributed by atoms with Crippen LogP contribution in [0.4, 0.5) is 5.69 Å². The van der Waals surface area contributed by atoms with Gasteiger partial charge in [0.05, 0.1) is 15.4 Å². The highest BCUT2D eigenvalue weighted by atomic mass is 35.5. The molecule has 4 rings (SSSR count). The highest BCUT2D eigenvalue weighted by molar-refractivity contribution is 7.90. The molecule has 0 spiro atoms. The van der Waals surface area contributed by atoms with Gasteiger partial charge in [-0.3, -0.25) is 0 Å². The van der Waals surface area contributed by atoms with Gasteiger partial charge in [-0.05, 0) is 49.4 Å². The van der Waals surface area contributed by atoms with Crippen molar-refractivity contribution in [2.24, 2.45) is 0 Å². The van der Waals surface area contributed by atoms with Crippen LogP contribution in [-0.2, 0) is 10.0 Å². The summed E-state index contributed by atoms with van der Waals surface area (Å²) in [5.41, 5.74) is 1.49. The molecule has 27 heavy (non-hydrogen) atoms. The van der Waals surface area contributed by atoms with Crippen LogP contribution in [0.15, 0.2) is 53.6 Å². The summed E-state index contributed by atoms with van der Waals surface area (Å²) in [5, 5.41) is 4.98. The monoisotopic (exact) mass is 423 g/mol. The molecule has 142 valence electrons. The minimum Gasteiger partial charge on any atom is -0.370 e. The first-order valence-corrected chi connectivity index (χ1v) is 10.9. The lowest BCUT2D eigenvalue weighted by atomic mass is 10.2. The molecule has 1 aliphatic rings. The molecule has 5 nitrogen and oxygen atoms in total. The maximum absolute atomic E-state index is 13.2. The van der Waals surface area contributed by atoms with Gasteiger partial charge in [0.2, 0.25) is 0 Å². The molecule has 2 aromatic carbocycles. The Morgan fingerprint density at radius 3 is 2.67 bits per heavy atom. The fourth-order valence-electron chi connectivity index (χ4n) is 3.48. The Morgan fingerprint density at radius 2 is 1.85 bits per heavy atom. The van der Waals surface area contributed by atoms with Gasteiger partial charge in [0, 0.05) is 41.9 Å². The van der Waals surface area contributed by atoms with Crippen molar-refractivity contribution in [1.82, 2.24) is 9.29 Å². The van der Waals surface area contributed by atoms with E-state index >= 15 is 0 Å². The number of halogens is 2. The van der Waals surface area contributed by atoms with E-state index in [0.29, 0.717) is 15.6 Å². The van der Waals surface area contributed by atoms with Crippen molar-refractivity contribution < 1.29 is 8.42 Å². The summed E-state index contributed by atoms with van der Waals surface area (Å²) in [6, 6.07) is 11.8. The number of benzene rings is 2. The molecule has 1 saturated heterocycles. The van der Waals surface area contributed by atoms with E-state index in [4.69, 9.17) is 23.2 Å². The standard InChI is InChI=1S/C19H19Cl2N3O2S/c20-14-3-1-4-15(13-14)27(25,26)24-11-7-16-18(6-5-17(21)19(16)24)23-10-2-8-22-9-12-23/h1,3-7,11,13,22H,2,8-10,12H2. The summed E-state index contributed by atoms with van der Waals surface area (Å²) in [5.74, 6) is 0. The third-order valence-corrected chi connectivity index (χ3v) is 6.99. The molecule has 0 saturated carbocycles. The van der Waals surface area contributed by atoms with Crippen molar-refractivity contribution in [1.29, 1.82) is 0 Å². The van der Waals surface area contributed by atoms with Crippen LogP contribution in [0.5, 0.6) is 0 Å². The molecule has 1 aromatic heterocycles. The summed E-state index contributed by atoms with van der Waals surface area (Å²) < 4.78 is 27.6. The molecular formula is C19H19Cl2N3O2S. The third kappa shape index (κ3) is 3.43. The second kappa shape index (κ2) is 7.36. The Balaban J connectivity index is 1.87. The fraction of sp³-hybridized carbons (Fsp3) is 0.263. The van der Waals surface area contributed by atoms with Gasteiger partial charge in [-0.25, -0.2) is 12.4 Å². The zero-order valence-electron chi connectivity index (χ0n) is 14.5. The van der Waals surface area contributed by atoms with Crippen LogP contribution in [-0.4, -0.2) is 38.6 Å². The van der Waals surface area contributed by atoms with Crippen molar-refractivity contribution in [2.45, 2.75) is 11.3 Å². The number of hydrogen-bond acceptors (Lipinski definition) is 4. The van der Waals surface area contributed by atoms with E-state index in [9.17, 15) is 8.42 Å². The van der Waals surface area contributed by atoms with Crippen LogP contribution in [0, 0.1) is 0 Å². The van der Waals surface area contributed by atoms with E-state index < -0.39 is 10.0 Å². The molecule has 1 fully saturated rings. The predicted octanol–water partition coefficient (Wildman–Crippen LogP) is 3.98. The van der Waals surface area contributed by atoms with E-state index in [2.05, 4.69) is 10.2 Å². The molecule has 1 N–H and O–H groups in total. The average molecular weight is 424 g/mol. The zero-order valence-corrected chi connectivity index (χ0v) is 16.9. The SMILES string of the molecule is O=S(=O)(c1cccc(Cl)c1)n1ccc2c(N3CCCNCC3)ccc(Cl)c21. The first-order chi connectivity index (χ1) is 13.0. The lowest BCUT2D eigenvalue weighted by Crippen LogP contribution is -2.27. The maximum atomic E-state index is 13.2. The normalized spacial score (nSPS) is 15.9. The maximum Gasteiger partial charge on any atom is 0.268 e. The summed E-state index contributed by atoms with van der Waals surface area (Å²) >= 11 is 12.4. The molecule has 0 aliphatic carbocycles. The van der Waals surface area contributed by atoms with Crippen LogP contribution in [0.3, 0.4) is 0 Å². The van der Waals surface area contributed by atoms with E-state index in [1.54, 1.807) is 24.4 Å². The number of aromatic nitrogens is 1. The lowest BCUT2D eigenvalue weighted by Gasteiger charge is -2.23. The highest BCUT2D eigenvalue weighted by Crippen LogP contribution is 2.35. The zero-order chi connectivity index (χ0) is 19.0. The molecule has 0 bridgehead atoms. The van der Waals surface area contributed by atoms with Crippen molar-refractivity contribution in [2.75, 3.05) is 31.1 Å². The van der Waals surface area contributed by atoms with Gasteiger partial charge in [0.1, 0.15) is 0 Å². The van der Waals surface area contributed by atoms with Gasteiger partial charge >= 0.3 is 0 Å². The molecule has 0 amide bonds. The van der Waals surface area contributed by atoms with E-state index in [1.165, 1.54) is 16.1 Å². The van der Waals surface area contributed by atoms with Gasteiger partial charge in [0.15, 0.2) is 0 Å². The molecule has 0 radical (unpaired) electrons. The minimum absolute atomic E-state index is 0.132. The largest absolute Gasteiger partial charge is 0.370 e. The third-order valence-electron chi connectivity index (χ3n) is 4.78. The number of fused-ring (bicyclic) bond motifs is 1. The molecule has 3 aromatic rings. The number of hydrogen-bond donors (Lipinski definition) is 1. The number of anilines is 1. The van der Waals surface area contributed by atoms with Crippen molar-refractivity contribution in [3.8, 4) is 0 Å². The predicted molar refractivity (Wildman–Crippen MR) is 111 cm³/mol.